The van der Waals surface area contributed by atoms with Gasteiger partial charge in [0.15, 0.2) is 6.61 Å². The van der Waals surface area contributed by atoms with Crippen molar-refractivity contribution >= 4 is 17.3 Å². The average molecular weight is 436 g/mol. The molecule has 1 aliphatic rings. The van der Waals surface area contributed by atoms with E-state index >= 15 is 0 Å². The van der Waals surface area contributed by atoms with E-state index in [0.717, 1.165) is 23.3 Å². The van der Waals surface area contributed by atoms with E-state index in [0.29, 0.717) is 37.7 Å². The minimum atomic E-state index is -4.51. The van der Waals surface area contributed by atoms with Crippen LogP contribution in [0.2, 0.25) is 0 Å². The Morgan fingerprint density at radius 2 is 1.87 bits per heavy atom. The number of aryl methyl sites for hydroxylation is 1. The number of morpholine rings is 1. The van der Waals surface area contributed by atoms with Crippen molar-refractivity contribution in [3.05, 3.63) is 53.1 Å². The van der Waals surface area contributed by atoms with Crippen molar-refractivity contribution in [2.75, 3.05) is 43.1 Å². The standard InChI is InChI=1S/C23H27F3N2O3/c1-15(2)18-6-4-16(3)12-21(18)31-14-22(29)27-19-13-17(23(24,25)26)5-7-20(19)28-8-10-30-11-9-28/h4-7,12-13,15H,8-11,14H2,1-3H3,(H,27,29). The molecule has 0 bridgehead atoms. The summed E-state index contributed by atoms with van der Waals surface area (Å²) in [5, 5.41) is 2.61. The first-order chi connectivity index (χ1) is 14.6. The van der Waals surface area contributed by atoms with Gasteiger partial charge in [0.2, 0.25) is 0 Å². The van der Waals surface area contributed by atoms with Gasteiger partial charge in [0.25, 0.3) is 5.91 Å². The summed E-state index contributed by atoms with van der Waals surface area (Å²) in [6.45, 7) is 7.68. The molecule has 1 saturated heterocycles. The van der Waals surface area contributed by atoms with Gasteiger partial charge in [-0.2, -0.15) is 13.2 Å². The number of anilines is 2. The highest BCUT2D eigenvalue weighted by atomic mass is 19.4. The molecule has 8 heteroatoms. The highest BCUT2D eigenvalue weighted by Gasteiger charge is 2.32. The minimum absolute atomic E-state index is 0.110. The number of carbonyl (C=O) groups excluding carboxylic acids is 1. The van der Waals surface area contributed by atoms with Crippen LogP contribution in [0.3, 0.4) is 0 Å². The number of hydrogen-bond acceptors (Lipinski definition) is 4. The Hall–Kier alpha value is -2.74. The molecule has 168 valence electrons. The molecule has 0 atom stereocenters. The molecule has 1 fully saturated rings. The van der Waals surface area contributed by atoms with Gasteiger partial charge in [-0.05, 0) is 48.2 Å². The number of rotatable bonds is 6. The smallest absolute Gasteiger partial charge is 0.416 e. The Bertz CT molecular complexity index is 923. The van der Waals surface area contributed by atoms with Crippen LogP contribution in [0.25, 0.3) is 0 Å². The molecule has 0 unspecified atom stereocenters. The molecule has 0 aliphatic carbocycles. The Balaban J connectivity index is 1.79. The van der Waals surface area contributed by atoms with Gasteiger partial charge in [-0.1, -0.05) is 26.0 Å². The second kappa shape index (κ2) is 9.60. The lowest BCUT2D eigenvalue weighted by atomic mass is 10.0. The fraction of sp³-hybridized carbons (Fsp3) is 0.435. The normalized spacial score (nSPS) is 14.6. The van der Waals surface area contributed by atoms with Gasteiger partial charge in [-0.15, -0.1) is 0 Å². The van der Waals surface area contributed by atoms with Crippen molar-refractivity contribution in [1.82, 2.24) is 0 Å². The molecule has 2 aromatic carbocycles. The van der Waals surface area contributed by atoms with Gasteiger partial charge in [0, 0.05) is 13.1 Å². The Kier molecular flexibility index (Phi) is 7.10. The summed E-state index contributed by atoms with van der Waals surface area (Å²) in [5.41, 5.74) is 1.78. The molecule has 31 heavy (non-hydrogen) atoms. The van der Waals surface area contributed by atoms with Crippen LogP contribution in [-0.4, -0.2) is 38.8 Å². The van der Waals surface area contributed by atoms with Gasteiger partial charge in [0.05, 0.1) is 30.2 Å². The number of benzene rings is 2. The molecule has 5 nitrogen and oxygen atoms in total. The highest BCUT2D eigenvalue weighted by Crippen LogP contribution is 2.36. The number of carbonyl (C=O) groups is 1. The van der Waals surface area contributed by atoms with Crippen LogP contribution in [0, 0.1) is 6.92 Å². The topological polar surface area (TPSA) is 50.8 Å². The van der Waals surface area contributed by atoms with E-state index in [9.17, 15) is 18.0 Å². The monoisotopic (exact) mass is 436 g/mol. The molecule has 1 N–H and O–H groups in total. The van der Waals surface area contributed by atoms with Crippen molar-refractivity contribution in [1.29, 1.82) is 0 Å². The molecule has 0 radical (unpaired) electrons. The lowest BCUT2D eigenvalue weighted by molar-refractivity contribution is -0.137. The Morgan fingerprint density at radius 1 is 1.16 bits per heavy atom. The number of ether oxygens (including phenoxy) is 2. The first-order valence-electron chi connectivity index (χ1n) is 10.2. The maximum atomic E-state index is 13.2. The maximum absolute atomic E-state index is 13.2. The largest absolute Gasteiger partial charge is 0.483 e. The van der Waals surface area contributed by atoms with Crippen LogP contribution < -0.4 is 15.0 Å². The molecule has 1 aliphatic heterocycles. The summed E-state index contributed by atoms with van der Waals surface area (Å²) >= 11 is 0. The molecule has 0 aromatic heterocycles. The molecule has 0 saturated carbocycles. The van der Waals surface area contributed by atoms with Crippen molar-refractivity contribution < 1.29 is 27.4 Å². The van der Waals surface area contributed by atoms with E-state index in [1.165, 1.54) is 6.07 Å². The summed E-state index contributed by atoms with van der Waals surface area (Å²) in [4.78, 5) is 14.5. The van der Waals surface area contributed by atoms with Crippen molar-refractivity contribution in [3.8, 4) is 5.75 Å². The van der Waals surface area contributed by atoms with E-state index in [1.54, 1.807) is 0 Å². The van der Waals surface area contributed by atoms with Crippen molar-refractivity contribution in [3.63, 3.8) is 0 Å². The van der Waals surface area contributed by atoms with Gasteiger partial charge < -0.3 is 19.7 Å². The van der Waals surface area contributed by atoms with E-state index < -0.39 is 17.6 Å². The zero-order chi connectivity index (χ0) is 22.6. The van der Waals surface area contributed by atoms with Crippen LogP contribution in [0.4, 0.5) is 24.5 Å². The fourth-order valence-corrected chi connectivity index (χ4v) is 3.47. The summed E-state index contributed by atoms with van der Waals surface area (Å²) in [6, 6.07) is 9.16. The third-order valence-electron chi connectivity index (χ3n) is 5.10. The first kappa shape index (κ1) is 22.9. The van der Waals surface area contributed by atoms with Gasteiger partial charge in [0.1, 0.15) is 5.75 Å². The van der Waals surface area contributed by atoms with Gasteiger partial charge in [-0.3, -0.25) is 4.79 Å². The maximum Gasteiger partial charge on any atom is 0.416 e. The Labute approximate surface area is 180 Å². The molecule has 3 rings (SSSR count). The van der Waals surface area contributed by atoms with Gasteiger partial charge in [-0.25, -0.2) is 0 Å². The number of halogens is 3. The predicted octanol–water partition coefficient (Wildman–Crippen LogP) is 4.99. The fourth-order valence-electron chi connectivity index (χ4n) is 3.47. The van der Waals surface area contributed by atoms with Crippen LogP contribution >= 0.6 is 0 Å². The molecular formula is C23H27F3N2O3. The third-order valence-corrected chi connectivity index (χ3v) is 5.10. The lowest BCUT2D eigenvalue weighted by Gasteiger charge is -2.31. The summed E-state index contributed by atoms with van der Waals surface area (Å²) in [6.07, 6.45) is -4.51. The molecule has 1 amide bonds. The van der Waals surface area contributed by atoms with Crippen LogP contribution in [0.1, 0.15) is 36.5 Å². The molecule has 2 aromatic rings. The average Bonchev–Trinajstić information content (AvgIpc) is 2.72. The summed E-state index contributed by atoms with van der Waals surface area (Å²) < 4.78 is 50.8. The van der Waals surface area contributed by atoms with Crippen molar-refractivity contribution in [2.45, 2.75) is 32.9 Å². The zero-order valence-corrected chi connectivity index (χ0v) is 17.9. The quantitative estimate of drug-likeness (QED) is 0.693. The number of nitrogens with one attached hydrogen (secondary N) is 1. The van der Waals surface area contributed by atoms with Crippen LogP contribution in [0.5, 0.6) is 5.75 Å². The van der Waals surface area contributed by atoms with Crippen LogP contribution in [0.15, 0.2) is 36.4 Å². The predicted molar refractivity (Wildman–Crippen MR) is 114 cm³/mol. The zero-order valence-electron chi connectivity index (χ0n) is 17.9. The lowest BCUT2D eigenvalue weighted by Crippen LogP contribution is -2.37. The number of alkyl halides is 3. The van der Waals surface area contributed by atoms with E-state index in [1.807, 2.05) is 43.9 Å². The van der Waals surface area contributed by atoms with Crippen LogP contribution in [-0.2, 0) is 15.7 Å². The molecule has 1 heterocycles. The summed E-state index contributed by atoms with van der Waals surface area (Å²) in [5.74, 6) is 0.280. The molecular weight excluding hydrogens is 409 g/mol. The second-order valence-electron chi connectivity index (χ2n) is 7.86. The van der Waals surface area contributed by atoms with Crippen molar-refractivity contribution in [2.24, 2.45) is 0 Å². The van der Waals surface area contributed by atoms with E-state index in [2.05, 4.69) is 5.32 Å². The minimum Gasteiger partial charge on any atom is -0.483 e. The van der Waals surface area contributed by atoms with E-state index in [-0.39, 0.29) is 18.2 Å². The summed E-state index contributed by atoms with van der Waals surface area (Å²) in [7, 11) is 0. The second-order valence-corrected chi connectivity index (χ2v) is 7.86. The van der Waals surface area contributed by atoms with E-state index in [4.69, 9.17) is 9.47 Å². The Morgan fingerprint density at radius 3 is 2.52 bits per heavy atom. The van der Waals surface area contributed by atoms with Gasteiger partial charge >= 0.3 is 6.18 Å². The third kappa shape index (κ3) is 5.91. The number of hydrogen-bond donors (Lipinski definition) is 1. The highest BCUT2D eigenvalue weighted by molar-refractivity contribution is 5.95. The first-order valence-corrected chi connectivity index (χ1v) is 10.2. The number of nitrogens with zero attached hydrogens (tertiary/aromatic N) is 1. The number of amides is 1. The SMILES string of the molecule is Cc1ccc(C(C)C)c(OCC(=O)Nc2cc(C(F)(F)F)ccc2N2CCOCC2)c1. The molecule has 0 spiro atoms.